The van der Waals surface area contributed by atoms with E-state index in [1.165, 1.54) is 23.9 Å². The number of thioether (sulfide) groups is 1. The lowest BCUT2D eigenvalue weighted by Gasteiger charge is -2.05. The molecule has 0 bridgehead atoms. The fourth-order valence-electron chi connectivity index (χ4n) is 2.24. The minimum absolute atomic E-state index is 0.0883. The normalized spacial score (nSPS) is 10.8. The van der Waals surface area contributed by atoms with Crippen LogP contribution in [0.4, 0.5) is 4.39 Å². The van der Waals surface area contributed by atoms with Gasteiger partial charge < -0.3 is 14.3 Å². The van der Waals surface area contributed by atoms with E-state index in [0.717, 1.165) is 5.56 Å². The molecule has 130 valence electrons. The molecule has 0 spiro atoms. The lowest BCUT2D eigenvalue weighted by atomic mass is 10.1. The van der Waals surface area contributed by atoms with Crippen LogP contribution < -0.4 is 5.32 Å². The van der Waals surface area contributed by atoms with Gasteiger partial charge in [0, 0.05) is 13.6 Å². The molecule has 1 aromatic carbocycles. The molecule has 1 N–H and O–H groups in total. The van der Waals surface area contributed by atoms with E-state index in [-0.39, 0.29) is 17.5 Å². The number of benzene rings is 1. The van der Waals surface area contributed by atoms with E-state index in [1.807, 2.05) is 7.05 Å². The van der Waals surface area contributed by atoms with Crippen LogP contribution in [0.25, 0.3) is 11.6 Å². The Bertz CT molecular complexity index is 831. The third kappa shape index (κ3) is 4.48. The van der Waals surface area contributed by atoms with Crippen LogP contribution in [0.15, 0.2) is 52.2 Å². The summed E-state index contributed by atoms with van der Waals surface area (Å²) in [5.74, 6) is 1.14. The summed E-state index contributed by atoms with van der Waals surface area (Å²) in [7, 11) is 1.83. The Kier molecular flexibility index (Phi) is 5.49. The molecule has 3 rings (SSSR count). The molecule has 8 heteroatoms. The van der Waals surface area contributed by atoms with Crippen LogP contribution in [0.3, 0.4) is 0 Å². The topological polar surface area (TPSA) is 73.0 Å². The number of carbonyl (C=O) groups is 1. The first-order chi connectivity index (χ1) is 12.1. The average molecular weight is 360 g/mol. The van der Waals surface area contributed by atoms with E-state index in [1.54, 1.807) is 35.1 Å². The Balaban J connectivity index is 1.45. The van der Waals surface area contributed by atoms with Crippen LogP contribution in [0.2, 0.25) is 0 Å². The van der Waals surface area contributed by atoms with Gasteiger partial charge in [-0.25, -0.2) is 4.39 Å². The average Bonchev–Trinajstić information content (AvgIpc) is 3.24. The molecule has 3 aromatic rings. The molecule has 0 aliphatic heterocycles. The fraction of sp³-hybridized carbons (Fsp3) is 0.235. The van der Waals surface area contributed by atoms with Gasteiger partial charge >= 0.3 is 0 Å². The highest BCUT2D eigenvalue weighted by Gasteiger charge is 2.14. The predicted molar refractivity (Wildman–Crippen MR) is 92.5 cm³/mol. The molecule has 0 aliphatic rings. The van der Waals surface area contributed by atoms with Crippen molar-refractivity contribution in [2.75, 3.05) is 12.3 Å². The number of rotatable bonds is 7. The third-order valence-corrected chi connectivity index (χ3v) is 4.58. The molecule has 0 atom stereocenters. The molecule has 2 aromatic heterocycles. The molecular formula is C17H17FN4O2S. The SMILES string of the molecule is Cn1c(SCC(=O)NCCc2ccc(F)cc2)nnc1-c1ccco1. The van der Waals surface area contributed by atoms with Gasteiger partial charge in [0.2, 0.25) is 5.91 Å². The monoisotopic (exact) mass is 360 g/mol. The van der Waals surface area contributed by atoms with Crippen molar-refractivity contribution in [1.82, 2.24) is 20.1 Å². The molecule has 0 saturated heterocycles. The summed E-state index contributed by atoms with van der Waals surface area (Å²) < 4.78 is 19.9. The van der Waals surface area contributed by atoms with Crippen LogP contribution in [-0.4, -0.2) is 33.0 Å². The van der Waals surface area contributed by atoms with Crippen molar-refractivity contribution in [3.05, 3.63) is 54.0 Å². The van der Waals surface area contributed by atoms with Gasteiger partial charge in [-0.2, -0.15) is 0 Å². The summed E-state index contributed by atoms with van der Waals surface area (Å²) in [5.41, 5.74) is 0.978. The van der Waals surface area contributed by atoms with E-state index in [2.05, 4.69) is 15.5 Å². The van der Waals surface area contributed by atoms with Gasteiger partial charge in [-0.1, -0.05) is 23.9 Å². The Morgan fingerprint density at radius 3 is 2.80 bits per heavy atom. The molecular weight excluding hydrogens is 343 g/mol. The van der Waals surface area contributed by atoms with Crippen molar-refractivity contribution in [1.29, 1.82) is 0 Å². The number of nitrogens with zero attached hydrogens (tertiary/aromatic N) is 3. The Labute approximate surface area is 148 Å². The minimum Gasteiger partial charge on any atom is -0.461 e. The van der Waals surface area contributed by atoms with Crippen molar-refractivity contribution < 1.29 is 13.6 Å². The van der Waals surface area contributed by atoms with Crippen molar-refractivity contribution in [3.63, 3.8) is 0 Å². The van der Waals surface area contributed by atoms with Gasteiger partial charge in [-0.15, -0.1) is 10.2 Å². The van der Waals surface area contributed by atoms with Crippen molar-refractivity contribution >= 4 is 17.7 Å². The Morgan fingerprint density at radius 2 is 2.08 bits per heavy atom. The molecule has 0 unspecified atom stereocenters. The van der Waals surface area contributed by atoms with Crippen LogP contribution >= 0.6 is 11.8 Å². The van der Waals surface area contributed by atoms with Gasteiger partial charge in [0.05, 0.1) is 12.0 Å². The van der Waals surface area contributed by atoms with Gasteiger partial charge in [0.25, 0.3) is 0 Å². The highest BCUT2D eigenvalue weighted by atomic mass is 32.2. The standard InChI is InChI=1S/C17H17FN4O2S/c1-22-16(14-3-2-10-24-14)20-21-17(22)25-11-15(23)19-9-8-12-4-6-13(18)7-5-12/h2-7,10H,8-9,11H2,1H3,(H,19,23). The summed E-state index contributed by atoms with van der Waals surface area (Å²) in [5, 5.41) is 11.6. The summed E-state index contributed by atoms with van der Waals surface area (Å²) in [6.07, 6.45) is 2.23. The molecule has 2 heterocycles. The number of aromatic nitrogens is 3. The van der Waals surface area contributed by atoms with Crippen LogP contribution in [0, 0.1) is 5.82 Å². The van der Waals surface area contributed by atoms with Crippen LogP contribution in [-0.2, 0) is 18.3 Å². The van der Waals surface area contributed by atoms with E-state index >= 15 is 0 Å². The lowest BCUT2D eigenvalue weighted by molar-refractivity contribution is -0.118. The van der Waals surface area contributed by atoms with Gasteiger partial charge in [-0.05, 0) is 36.2 Å². The van der Waals surface area contributed by atoms with E-state index in [4.69, 9.17) is 4.42 Å². The summed E-state index contributed by atoms with van der Waals surface area (Å²) in [6, 6.07) is 9.85. The number of halogens is 1. The van der Waals surface area contributed by atoms with Gasteiger partial charge in [0.15, 0.2) is 16.7 Å². The molecule has 0 aliphatic carbocycles. The highest BCUT2D eigenvalue weighted by Crippen LogP contribution is 2.22. The van der Waals surface area contributed by atoms with E-state index < -0.39 is 0 Å². The maximum Gasteiger partial charge on any atom is 0.230 e. The first-order valence-electron chi connectivity index (χ1n) is 7.70. The predicted octanol–water partition coefficient (Wildman–Crippen LogP) is 2.67. The maximum absolute atomic E-state index is 12.8. The quantitative estimate of drug-likeness (QED) is 0.656. The van der Waals surface area contributed by atoms with Crippen molar-refractivity contribution in [2.24, 2.45) is 7.05 Å². The molecule has 0 fully saturated rings. The lowest BCUT2D eigenvalue weighted by Crippen LogP contribution is -2.27. The number of nitrogens with one attached hydrogen (secondary N) is 1. The van der Waals surface area contributed by atoms with Crippen LogP contribution in [0.1, 0.15) is 5.56 Å². The Morgan fingerprint density at radius 1 is 1.28 bits per heavy atom. The molecule has 1 amide bonds. The number of hydrogen-bond acceptors (Lipinski definition) is 5. The molecule has 25 heavy (non-hydrogen) atoms. The van der Waals surface area contributed by atoms with E-state index in [9.17, 15) is 9.18 Å². The number of carbonyl (C=O) groups excluding carboxylic acids is 1. The van der Waals surface area contributed by atoms with Crippen molar-refractivity contribution in [2.45, 2.75) is 11.6 Å². The van der Waals surface area contributed by atoms with Crippen LogP contribution in [0.5, 0.6) is 0 Å². The number of hydrogen-bond donors (Lipinski definition) is 1. The zero-order valence-electron chi connectivity index (χ0n) is 13.6. The summed E-state index contributed by atoms with van der Waals surface area (Å²) >= 11 is 1.31. The van der Waals surface area contributed by atoms with Crippen molar-refractivity contribution in [3.8, 4) is 11.6 Å². The molecule has 0 radical (unpaired) electrons. The third-order valence-electron chi connectivity index (χ3n) is 3.56. The smallest absolute Gasteiger partial charge is 0.230 e. The molecule has 6 nitrogen and oxygen atoms in total. The minimum atomic E-state index is -0.262. The zero-order valence-corrected chi connectivity index (χ0v) is 14.4. The number of amides is 1. The van der Waals surface area contributed by atoms with Gasteiger partial charge in [-0.3, -0.25) is 4.79 Å². The second-order valence-corrected chi connectivity index (χ2v) is 6.30. The Hall–Kier alpha value is -2.61. The highest BCUT2D eigenvalue weighted by molar-refractivity contribution is 7.99. The van der Waals surface area contributed by atoms with Gasteiger partial charge in [0.1, 0.15) is 5.82 Å². The number of furan rings is 1. The summed E-state index contributed by atoms with van der Waals surface area (Å²) in [4.78, 5) is 11.9. The van der Waals surface area contributed by atoms with E-state index in [0.29, 0.717) is 29.7 Å². The molecule has 0 saturated carbocycles. The fourth-order valence-corrected chi connectivity index (χ4v) is 2.98. The summed E-state index contributed by atoms with van der Waals surface area (Å²) in [6.45, 7) is 0.501. The first kappa shape index (κ1) is 17.2. The second kappa shape index (κ2) is 7.98. The zero-order chi connectivity index (χ0) is 17.6. The maximum atomic E-state index is 12.8. The second-order valence-electron chi connectivity index (χ2n) is 5.36. The largest absolute Gasteiger partial charge is 0.461 e. The first-order valence-corrected chi connectivity index (χ1v) is 8.69.